The number of ether oxygens (including phenoxy) is 1. The van der Waals surface area contributed by atoms with E-state index in [0.717, 1.165) is 11.1 Å². The van der Waals surface area contributed by atoms with Crippen molar-refractivity contribution in [3.05, 3.63) is 65.7 Å². The van der Waals surface area contributed by atoms with Crippen molar-refractivity contribution in [2.24, 2.45) is 0 Å². The van der Waals surface area contributed by atoms with E-state index >= 15 is 0 Å². The van der Waals surface area contributed by atoms with Crippen LogP contribution in [-0.4, -0.2) is 18.3 Å². The van der Waals surface area contributed by atoms with E-state index in [-0.39, 0.29) is 19.3 Å². The van der Waals surface area contributed by atoms with Gasteiger partial charge in [0.15, 0.2) is 6.61 Å². The number of nitrogens with zero attached hydrogens (tertiary/aromatic N) is 1. The molecule has 21 heavy (non-hydrogen) atoms. The molecule has 4 nitrogen and oxygen atoms in total. The Balaban J connectivity index is 2.03. The van der Waals surface area contributed by atoms with Gasteiger partial charge in [0.2, 0.25) is 0 Å². The van der Waals surface area contributed by atoms with Crippen molar-refractivity contribution in [1.82, 2.24) is 5.32 Å². The van der Waals surface area contributed by atoms with Gasteiger partial charge in [-0.2, -0.15) is 5.26 Å². The summed E-state index contributed by atoms with van der Waals surface area (Å²) in [6.45, 7) is 0.603. The number of benzene rings is 2. The van der Waals surface area contributed by atoms with Gasteiger partial charge in [0.1, 0.15) is 11.8 Å². The van der Waals surface area contributed by atoms with Crippen LogP contribution in [0.4, 0.5) is 0 Å². The molecule has 0 heterocycles. The minimum atomic E-state index is -0.129. The lowest BCUT2D eigenvalue weighted by atomic mass is 10.1. The standard InChI is InChI=1S/C17H18N2O2/c18-10-11-21-17-9-5-4-8-15(17)12-19-16(13-20)14-6-2-1-3-7-14/h1-9,16,19-20H,11-13H2/t16-/m1/s1. The van der Waals surface area contributed by atoms with Crippen LogP contribution in [0, 0.1) is 11.3 Å². The van der Waals surface area contributed by atoms with Crippen LogP contribution in [-0.2, 0) is 6.54 Å². The summed E-state index contributed by atoms with van der Waals surface area (Å²) in [7, 11) is 0. The van der Waals surface area contributed by atoms with Crippen LogP contribution in [0.2, 0.25) is 0 Å². The first-order valence-corrected chi connectivity index (χ1v) is 6.82. The minimum Gasteiger partial charge on any atom is -0.478 e. The highest BCUT2D eigenvalue weighted by Gasteiger charge is 2.10. The van der Waals surface area contributed by atoms with E-state index in [0.29, 0.717) is 12.3 Å². The highest BCUT2D eigenvalue weighted by atomic mass is 16.5. The summed E-state index contributed by atoms with van der Waals surface area (Å²) in [6.07, 6.45) is 0. The number of nitriles is 1. The van der Waals surface area contributed by atoms with Gasteiger partial charge in [0.05, 0.1) is 12.6 Å². The van der Waals surface area contributed by atoms with Gasteiger partial charge in [0, 0.05) is 12.1 Å². The highest BCUT2D eigenvalue weighted by molar-refractivity contribution is 5.33. The third kappa shape index (κ3) is 4.32. The minimum absolute atomic E-state index is 0.0191. The molecule has 2 N–H and O–H groups in total. The van der Waals surface area contributed by atoms with Gasteiger partial charge in [-0.3, -0.25) is 0 Å². The van der Waals surface area contributed by atoms with E-state index in [1.807, 2.05) is 60.7 Å². The molecule has 0 amide bonds. The fourth-order valence-corrected chi connectivity index (χ4v) is 2.11. The molecule has 0 fully saturated rings. The molecule has 0 bridgehead atoms. The summed E-state index contributed by atoms with van der Waals surface area (Å²) in [5.74, 6) is 0.691. The monoisotopic (exact) mass is 282 g/mol. The highest BCUT2D eigenvalue weighted by Crippen LogP contribution is 2.19. The van der Waals surface area contributed by atoms with Crippen LogP contribution in [0.1, 0.15) is 17.2 Å². The van der Waals surface area contributed by atoms with Crippen LogP contribution in [0.15, 0.2) is 54.6 Å². The second-order valence-corrected chi connectivity index (χ2v) is 4.58. The predicted molar refractivity (Wildman–Crippen MR) is 80.7 cm³/mol. The number of para-hydroxylation sites is 1. The van der Waals surface area contributed by atoms with Gasteiger partial charge in [-0.25, -0.2) is 0 Å². The summed E-state index contributed by atoms with van der Waals surface area (Å²) in [5, 5.41) is 21.4. The van der Waals surface area contributed by atoms with E-state index in [4.69, 9.17) is 10.00 Å². The fraction of sp³-hybridized carbons (Fsp3) is 0.235. The quantitative estimate of drug-likeness (QED) is 0.818. The van der Waals surface area contributed by atoms with Crippen LogP contribution >= 0.6 is 0 Å². The normalized spacial score (nSPS) is 11.6. The Kier molecular flexibility index (Phi) is 5.77. The van der Waals surface area contributed by atoms with E-state index in [9.17, 15) is 5.11 Å². The molecule has 2 aromatic rings. The van der Waals surface area contributed by atoms with Gasteiger partial charge >= 0.3 is 0 Å². The largest absolute Gasteiger partial charge is 0.478 e. The van der Waals surface area contributed by atoms with E-state index in [1.165, 1.54) is 0 Å². The Bertz CT molecular complexity index is 593. The maximum Gasteiger partial charge on any atom is 0.174 e. The van der Waals surface area contributed by atoms with Crippen molar-refractivity contribution in [1.29, 1.82) is 5.26 Å². The summed E-state index contributed by atoms with van der Waals surface area (Å²) in [6, 6.07) is 19.2. The molecule has 0 saturated heterocycles. The topological polar surface area (TPSA) is 65.3 Å². The average molecular weight is 282 g/mol. The number of hydrogen-bond donors (Lipinski definition) is 2. The smallest absolute Gasteiger partial charge is 0.174 e. The molecule has 0 spiro atoms. The molecular weight excluding hydrogens is 264 g/mol. The van der Waals surface area contributed by atoms with E-state index < -0.39 is 0 Å². The van der Waals surface area contributed by atoms with Crippen molar-refractivity contribution in [2.45, 2.75) is 12.6 Å². The molecule has 2 aromatic carbocycles. The Morgan fingerprint density at radius 2 is 1.81 bits per heavy atom. The summed E-state index contributed by atoms with van der Waals surface area (Å²) < 4.78 is 5.39. The van der Waals surface area contributed by atoms with Crippen LogP contribution in [0.5, 0.6) is 5.75 Å². The van der Waals surface area contributed by atoms with E-state index in [2.05, 4.69) is 5.32 Å². The van der Waals surface area contributed by atoms with Crippen LogP contribution < -0.4 is 10.1 Å². The molecule has 1 atom stereocenters. The second kappa shape index (κ2) is 8.05. The molecular formula is C17H18N2O2. The van der Waals surface area contributed by atoms with E-state index in [1.54, 1.807) is 0 Å². The number of nitrogens with one attached hydrogen (secondary N) is 1. The van der Waals surface area contributed by atoms with Crippen molar-refractivity contribution >= 4 is 0 Å². The summed E-state index contributed by atoms with van der Waals surface area (Å²) in [5.41, 5.74) is 2.00. The Labute approximate surface area is 124 Å². The van der Waals surface area contributed by atoms with Crippen molar-refractivity contribution in [2.75, 3.05) is 13.2 Å². The molecule has 0 aliphatic carbocycles. The maximum absolute atomic E-state index is 9.53. The van der Waals surface area contributed by atoms with Gasteiger partial charge < -0.3 is 15.2 Å². The number of aliphatic hydroxyl groups excluding tert-OH is 1. The van der Waals surface area contributed by atoms with Gasteiger partial charge in [-0.1, -0.05) is 48.5 Å². The first-order valence-electron chi connectivity index (χ1n) is 6.82. The lowest BCUT2D eigenvalue weighted by Gasteiger charge is -2.18. The van der Waals surface area contributed by atoms with Gasteiger partial charge in [-0.05, 0) is 11.6 Å². The molecule has 108 valence electrons. The molecule has 0 aliphatic rings. The summed E-state index contributed by atoms with van der Waals surface area (Å²) >= 11 is 0. The Morgan fingerprint density at radius 3 is 2.52 bits per heavy atom. The first-order chi connectivity index (χ1) is 10.3. The zero-order chi connectivity index (χ0) is 14.9. The lowest BCUT2D eigenvalue weighted by Crippen LogP contribution is -2.24. The number of rotatable bonds is 7. The van der Waals surface area contributed by atoms with Crippen molar-refractivity contribution < 1.29 is 9.84 Å². The third-order valence-corrected chi connectivity index (χ3v) is 3.19. The zero-order valence-electron chi connectivity index (χ0n) is 11.7. The first kappa shape index (κ1) is 15.0. The molecule has 0 saturated carbocycles. The predicted octanol–water partition coefficient (Wildman–Crippen LogP) is 2.41. The van der Waals surface area contributed by atoms with Crippen molar-refractivity contribution in [3.8, 4) is 11.8 Å². The molecule has 4 heteroatoms. The van der Waals surface area contributed by atoms with Crippen LogP contribution in [0.25, 0.3) is 0 Å². The molecule has 0 aliphatic heterocycles. The second-order valence-electron chi connectivity index (χ2n) is 4.58. The molecule has 0 aromatic heterocycles. The molecule has 2 rings (SSSR count). The lowest BCUT2D eigenvalue weighted by molar-refractivity contribution is 0.243. The third-order valence-electron chi connectivity index (χ3n) is 3.19. The van der Waals surface area contributed by atoms with Crippen LogP contribution in [0.3, 0.4) is 0 Å². The maximum atomic E-state index is 9.53. The number of hydrogen-bond acceptors (Lipinski definition) is 4. The number of aliphatic hydroxyl groups is 1. The Morgan fingerprint density at radius 1 is 1.10 bits per heavy atom. The molecule has 0 unspecified atom stereocenters. The zero-order valence-corrected chi connectivity index (χ0v) is 11.7. The Hall–Kier alpha value is -2.35. The fourth-order valence-electron chi connectivity index (χ4n) is 2.11. The molecule has 0 radical (unpaired) electrons. The average Bonchev–Trinajstić information content (AvgIpc) is 2.55. The van der Waals surface area contributed by atoms with Gasteiger partial charge in [-0.15, -0.1) is 0 Å². The SMILES string of the molecule is N#CCOc1ccccc1CN[C@H](CO)c1ccccc1. The van der Waals surface area contributed by atoms with Crippen molar-refractivity contribution in [3.63, 3.8) is 0 Å². The van der Waals surface area contributed by atoms with Gasteiger partial charge in [0.25, 0.3) is 0 Å². The summed E-state index contributed by atoms with van der Waals surface area (Å²) in [4.78, 5) is 0.